The molecule has 0 aromatic heterocycles. The van der Waals surface area contributed by atoms with Gasteiger partial charge in [-0.05, 0) is 18.6 Å². The Bertz CT molecular complexity index is 391. The van der Waals surface area contributed by atoms with E-state index in [1.807, 2.05) is 0 Å². The standard InChI is InChI=1S/C14H18Cl2O2/c1-2-3-4-5-6-10-13(17)18-12-9-7-8-11(15)14(12)16/h7-9H,2-6,10H2,1H3. The number of unbranched alkanes of at least 4 members (excludes halogenated alkanes) is 4. The van der Waals surface area contributed by atoms with Crippen LogP contribution in [-0.4, -0.2) is 5.97 Å². The maximum absolute atomic E-state index is 11.6. The predicted octanol–water partition coefficient (Wildman–Crippen LogP) is 5.26. The van der Waals surface area contributed by atoms with Crippen LogP contribution in [0.2, 0.25) is 10.0 Å². The number of halogens is 2. The van der Waals surface area contributed by atoms with Gasteiger partial charge in [0, 0.05) is 6.42 Å². The van der Waals surface area contributed by atoms with Gasteiger partial charge in [0.1, 0.15) is 5.02 Å². The zero-order valence-corrected chi connectivity index (χ0v) is 12.1. The minimum absolute atomic E-state index is 0.254. The summed E-state index contributed by atoms with van der Waals surface area (Å²) in [7, 11) is 0. The van der Waals surface area contributed by atoms with Crippen LogP contribution in [0.1, 0.15) is 45.4 Å². The number of carbonyl (C=O) groups is 1. The molecule has 4 heteroatoms. The summed E-state index contributed by atoms with van der Waals surface area (Å²) in [5.74, 6) is 0.0818. The molecule has 1 aromatic rings. The number of esters is 1. The average Bonchev–Trinajstić information content (AvgIpc) is 2.35. The van der Waals surface area contributed by atoms with Crippen LogP contribution in [0, 0.1) is 0 Å². The van der Waals surface area contributed by atoms with Gasteiger partial charge in [-0.25, -0.2) is 0 Å². The third-order valence-electron chi connectivity index (χ3n) is 2.62. The van der Waals surface area contributed by atoms with Crippen LogP contribution in [0.15, 0.2) is 18.2 Å². The first-order chi connectivity index (χ1) is 8.65. The number of carbonyl (C=O) groups excluding carboxylic acids is 1. The zero-order chi connectivity index (χ0) is 13.4. The lowest BCUT2D eigenvalue weighted by Crippen LogP contribution is -2.07. The van der Waals surface area contributed by atoms with Crippen LogP contribution in [0.5, 0.6) is 5.75 Å². The Hall–Kier alpha value is -0.730. The van der Waals surface area contributed by atoms with Crippen LogP contribution in [0.4, 0.5) is 0 Å². The summed E-state index contributed by atoms with van der Waals surface area (Å²) >= 11 is 11.8. The Morgan fingerprint density at radius 2 is 1.89 bits per heavy atom. The molecule has 0 aliphatic heterocycles. The lowest BCUT2D eigenvalue weighted by molar-refractivity contribution is -0.134. The number of rotatable bonds is 7. The summed E-state index contributed by atoms with van der Waals surface area (Å²) in [6, 6.07) is 5.01. The number of hydrogen-bond acceptors (Lipinski definition) is 2. The summed E-state index contributed by atoms with van der Waals surface area (Å²) in [5, 5.41) is 0.684. The van der Waals surface area contributed by atoms with Crippen molar-refractivity contribution in [2.24, 2.45) is 0 Å². The predicted molar refractivity (Wildman–Crippen MR) is 75.5 cm³/mol. The Labute approximate surface area is 118 Å². The van der Waals surface area contributed by atoms with Gasteiger partial charge in [0.15, 0.2) is 5.75 Å². The van der Waals surface area contributed by atoms with E-state index in [9.17, 15) is 4.79 Å². The molecule has 0 saturated carbocycles. The second kappa shape index (κ2) is 8.39. The zero-order valence-electron chi connectivity index (χ0n) is 10.5. The first-order valence-electron chi connectivity index (χ1n) is 6.30. The molecule has 0 fully saturated rings. The van der Waals surface area contributed by atoms with E-state index < -0.39 is 0 Å². The van der Waals surface area contributed by atoms with Crippen LogP contribution in [0.25, 0.3) is 0 Å². The fraction of sp³-hybridized carbons (Fsp3) is 0.500. The molecule has 1 aromatic carbocycles. The molecule has 100 valence electrons. The summed E-state index contributed by atoms with van der Waals surface area (Å²) in [4.78, 5) is 11.6. The summed E-state index contributed by atoms with van der Waals surface area (Å²) in [5.41, 5.74) is 0. The maximum atomic E-state index is 11.6. The molecule has 0 heterocycles. The van der Waals surface area contributed by atoms with Gasteiger partial charge < -0.3 is 4.74 Å². The molecule has 18 heavy (non-hydrogen) atoms. The van der Waals surface area contributed by atoms with Crippen LogP contribution in [-0.2, 0) is 4.79 Å². The smallest absolute Gasteiger partial charge is 0.311 e. The normalized spacial score (nSPS) is 10.4. The van der Waals surface area contributed by atoms with E-state index in [1.165, 1.54) is 19.3 Å². The molecule has 1 rings (SSSR count). The number of benzene rings is 1. The van der Waals surface area contributed by atoms with Crippen molar-refractivity contribution in [3.63, 3.8) is 0 Å². The highest BCUT2D eigenvalue weighted by atomic mass is 35.5. The molecule has 0 radical (unpaired) electrons. The van der Waals surface area contributed by atoms with E-state index in [-0.39, 0.29) is 5.97 Å². The summed E-state index contributed by atoms with van der Waals surface area (Å²) in [6.07, 6.45) is 5.93. The highest BCUT2D eigenvalue weighted by molar-refractivity contribution is 6.43. The Morgan fingerprint density at radius 3 is 2.61 bits per heavy atom. The minimum atomic E-state index is -0.254. The monoisotopic (exact) mass is 288 g/mol. The first-order valence-corrected chi connectivity index (χ1v) is 7.05. The van der Waals surface area contributed by atoms with Crippen LogP contribution >= 0.6 is 23.2 Å². The molecular formula is C14H18Cl2O2. The number of ether oxygens (including phenoxy) is 1. The van der Waals surface area contributed by atoms with Gasteiger partial charge in [0.25, 0.3) is 0 Å². The average molecular weight is 289 g/mol. The molecular weight excluding hydrogens is 271 g/mol. The Morgan fingerprint density at radius 1 is 1.17 bits per heavy atom. The van der Waals surface area contributed by atoms with Crippen molar-refractivity contribution >= 4 is 29.2 Å². The first kappa shape index (κ1) is 15.3. The molecule has 0 aliphatic rings. The van der Waals surface area contributed by atoms with Gasteiger partial charge >= 0.3 is 5.97 Å². The van der Waals surface area contributed by atoms with E-state index in [4.69, 9.17) is 27.9 Å². The molecule has 0 aliphatic carbocycles. The molecule has 0 bridgehead atoms. The van der Waals surface area contributed by atoms with Crippen LogP contribution in [0.3, 0.4) is 0 Å². The molecule has 0 saturated heterocycles. The van der Waals surface area contributed by atoms with E-state index in [2.05, 4.69) is 6.92 Å². The topological polar surface area (TPSA) is 26.3 Å². The second-order valence-corrected chi connectivity index (χ2v) is 4.98. The third-order valence-corrected chi connectivity index (χ3v) is 3.43. The fourth-order valence-corrected chi connectivity index (χ4v) is 1.94. The minimum Gasteiger partial charge on any atom is -0.425 e. The molecule has 0 N–H and O–H groups in total. The Balaban J connectivity index is 2.34. The van der Waals surface area contributed by atoms with Crippen molar-refractivity contribution in [2.45, 2.75) is 45.4 Å². The molecule has 0 unspecified atom stereocenters. The van der Waals surface area contributed by atoms with Crippen molar-refractivity contribution in [2.75, 3.05) is 0 Å². The van der Waals surface area contributed by atoms with Gasteiger partial charge in [-0.1, -0.05) is 61.9 Å². The van der Waals surface area contributed by atoms with Gasteiger partial charge in [0.05, 0.1) is 5.02 Å². The largest absolute Gasteiger partial charge is 0.425 e. The molecule has 2 nitrogen and oxygen atoms in total. The van der Waals surface area contributed by atoms with E-state index in [0.29, 0.717) is 22.2 Å². The molecule has 0 amide bonds. The Kier molecular flexibility index (Phi) is 7.14. The quantitative estimate of drug-likeness (QED) is 0.389. The third kappa shape index (κ3) is 5.28. The SMILES string of the molecule is CCCCCCCC(=O)Oc1cccc(Cl)c1Cl. The van der Waals surface area contributed by atoms with Gasteiger partial charge in [-0.3, -0.25) is 4.79 Å². The van der Waals surface area contributed by atoms with Gasteiger partial charge in [-0.2, -0.15) is 0 Å². The number of hydrogen-bond donors (Lipinski definition) is 0. The lowest BCUT2D eigenvalue weighted by atomic mass is 10.1. The summed E-state index contributed by atoms with van der Waals surface area (Å²) in [6.45, 7) is 2.16. The molecule has 0 spiro atoms. The highest BCUT2D eigenvalue weighted by Gasteiger charge is 2.10. The van der Waals surface area contributed by atoms with E-state index in [1.54, 1.807) is 18.2 Å². The maximum Gasteiger partial charge on any atom is 0.311 e. The van der Waals surface area contributed by atoms with Crippen molar-refractivity contribution in [3.05, 3.63) is 28.2 Å². The van der Waals surface area contributed by atoms with E-state index in [0.717, 1.165) is 12.8 Å². The molecule has 0 atom stereocenters. The lowest BCUT2D eigenvalue weighted by Gasteiger charge is -2.06. The highest BCUT2D eigenvalue weighted by Crippen LogP contribution is 2.31. The van der Waals surface area contributed by atoms with Crippen molar-refractivity contribution in [1.29, 1.82) is 0 Å². The van der Waals surface area contributed by atoms with Crippen molar-refractivity contribution in [3.8, 4) is 5.75 Å². The van der Waals surface area contributed by atoms with Gasteiger partial charge in [-0.15, -0.1) is 0 Å². The summed E-state index contributed by atoms with van der Waals surface area (Å²) < 4.78 is 5.18. The van der Waals surface area contributed by atoms with E-state index >= 15 is 0 Å². The fourth-order valence-electron chi connectivity index (χ4n) is 1.61. The second-order valence-electron chi connectivity index (χ2n) is 4.19. The van der Waals surface area contributed by atoms with Crippen molar-refractivity contribution in [1.82, 2.24) is 0 Å². The van der Waals surface area contributed by atoms with Crippen LogP contribution < -0.4 is 4.74 Å². The van der Waals surface area contributed by atoms with Crippen molar-refractivity contribution < 1.29 is 9.53 Å². The van der Waals surface area contributed by atoms with Gasteiger partial charge in [0.2, 0.25) is 0 Å².